The van der Waals surface area contributed by atoms with Crippen LogP contribution in [-0.4, -0.2) is 54.0 Å². The first kappa shape index (κ1) is 16.2. The molecule has 0 aromatic rings. The number of amides is 1. The van der Waals surface area contributed by atoms with Crippen molar-refractivity contribution in [1.29, 1.82) is 0 Å². The van der Waals surface area contributed by atoms with Crippen molar-refractivity contribution >= 4 is 6.09 Å². The molecule has 0 aliphatic heterocycles. The summed E-state index contributed by atoms with van der Waals surface area (Å²) >= 11 is 0. The van der Waals surface area contributed by atoms with E-state index in [-0.39, 0.29) is 12.6 Å². The van der Waals surface area contributed by atoms with Gasteiger partial charge in [0.25, 0.3) is 0 Å². The molecule has 5 nitrogen and oxygen atoms in total. The molecule has 0 saturated carbocycles. The first-order valence-corrected chi connectivity index (χ1v) is 6.11. The second kappa shape index (κ2) is 7.50. The van der Waals surface area contributed by atoms with Crippen LogP contribution in [-0.2, 0) is 4.74 Å². The normalized spacial score (nSPS) is 13.6. The van der Waals surface area contributed by atoms with E-state index in [1.807, 2.05) is 34.6 Å². The molecule has 0 aromatic carbocycles. The highest BCUT2D eigenvalue weighted by Crippen LogP contribution is 2.06. The average Bonchev–Trinajstić information content (AvgIpc) is 2.13. The van der Waals surface area contributed by atoms with E-state index in [0.717, 1.165) is 6.54 Å². The minimum absolute atomic E-state index is 0.00338. The number of carbonyl (C=O) groups is 1. The van der Waals surface area contributed by atoms with Gasteiger partial charge < -0.3 is 15.2 Å². The number of alkyl carbamates (subject to hydrolysis) is 1. The summed E-state index contributed by atoms with van der Waals surface area (Å²) < 4.78 is 5.17. The van der Waals surface area contributed by atoms with Gasteiger partial charge in [-0.3, -0.25) is 4.90 Å². The summed E-state index contributed by atoms with van der Waals surface area (Å²) in [5.41, 5.74) is -0.473. The van der Waals surface area contributed by atoms with Crippen LogP contribution < -0.4 is 5.32 Å². The van der Waals surface area contributed by atoms with Gasteiger partial charge in [-0.1, -0.05) is 6.92 Å². The number of ether oxygens (including phenoxy) is 1. The van der Waals surface area contributed by atoms with E-state index < -0.39 is 11.7 Å². The minimum atomic E-state index is -0.473. The second-order valence-electron chi connectivity index (χ2n) is 5.16. The van der Waals surface area contributed by atoms with E-state index in [2.05, 4.69) is 10.2 Å². The van der Waals surface area contributed by atoms with Gasteiger partial charge in [0.15, 0.2) is 0 Å². The van der Waals surface area contributed by atoms with Crippen molar-refractivity contribution in [2.45, 2.75) is 46.3 Å². The zero-order chi connectivity index (χ0) is 13.5. The molecular weight excluding hydrogens is 220 g/mol. The molecule has 0 radical (unpaired) electrons. The molecule has 102 valence electrons. The largest absolute Gasteiger partial charge is 0.444 e. The van der Waals surface area contributed by atoms with E-state index >= 15 is 0 Å². The molecule has 2 N–H and O–H groups in total. The number of likely N-dealkylation sites (N-methyl/N-ethyl adjacent to an activating group) is 1. The topological polar surface area (TPSA) is 61.8 Å². The lowest BCUT2D eigenvalue weighted by Gasteiger charge is -2.26. The fourth-order valence-electron chi connectivity index (χ4n) is 1.46. The molecule has 0 aliphatic rings. The van der Waals surface area contributed by atoms with Gasteiger partial charge in [0.05, 0.1) is 6.61 Å². The molecule has 0 heterocycles. The molecule has 17 heavy (non-hydrogen) atoms. The molecule has 0 spiro atoms. The van der Waals surface area contributed by atoms with Crippen molar-refractivity contribution in [2.24, 2.45) is 0 Å². The molecule has 0 bridgehead atoms. The van der Waals surface area contributed by atoms with E-state index in [9.17, 15) is 4.79 Å². The highest BCUT2D eigenvalue weighted by molar-refractivity contribution is 5.68. The van der Waals surface area contributed by atoms with Gasteiger partial charge in [0.1, 0.15) is 5.60 Å². The fourth-order valence-corrected chi connectivity index (χ4v) is 1.46. The number of nitrogens with zero attached hydrogens (tertiary/aromatic N) is 1. The Hall–Kier alpha value is -0.810. The molecule has 0 rings (SSSR count). The van der Waals surface area contributed by atoms with Crippen LogP contribution in [0.5, 0.6) is 0 Å². The average molecular weight is 246 g/mol. The third-order valence-electron chi connectivity index (χ3n) is 2.16. The van der Waals surface area contributed by atoms with Crippen molar-refractivity contribution in [1.82, 2.24) is 10.2 Å². The van der Waals surface area contributed by atoms with Crippen molar-refractivity contribution in [3.8, 4) is 0 Å². The Balaban J connectivity index is 3.99. The molecule has 1 unspecified atom stereocenters. The Kier molecular flexibility index (Phi) is 7.15. The first-order valence-electron chi connectivity index (χ1n) is 6.11. The molecule has 5 heteroatoms. The Morgan fingerprint density at radius 1 is 1.47 bits per heavy atom. The van der Waals surface area contributed by atoms with Crippen LogP contribution in [0, 0.1) is 0 Å². The zero-order valence-corrected chi connectivity index (χ0v) is 11.6. The van der Waals surface area contributed by atoms with Gasteiger partial charge in [0.2, 0.25) is 0 Å². The number of hydrogen-bond donors (Lipinski definition) is 2. The van der Waals surface area contributed by atoms with Crippen LogP contribution in [0.1, 0.15) is 34.6 Å². The van der Waals surface area contributed by atoms with Gasteiger partial charge in [-0.15, -0.1) is 0 Å². The third-order valence-corrected chi connectivity index (χ3v) is 2.16. The summed E-state index contributed by atoms with van der Waals surface area (Å²) in [6, 6.07) is -0.00338. The van der Waals surface area contributed by atoms with Gasteiger partial charge in [-0.25, -0.2) is 4.79 Å². The fraction of sp³-hybridized carbons (Fsp3) is 0.917. The summed E-state index contributed by atoms with van der Waals surface area (Å²) in [5, 5.41) is 11.6. The lowest BCUT2D eigenvalue weighted by Crippen LogP contribution is -2.44. The molecule has 0 fully saturated rings. The molecule has 0 aromatic heterocycles. The number of rotatable bonds is 6. The van der Waals surface area contributed by atoms with Crippen LogP contribution in [0.15, 0.2) is 0 Å². The highest BCUT2D eigenvalue weighted by atomic mass is 16.6. The first-order chi connectivity index (χ1) is 7.78. The van der Waals surface area contributed by atoms with Crippen LogP contribution >= 0.6 is 0 Å². The smallest absolute Gasteiger partial charge is 0.407 e. The Morgan fingerprint density at radius 3 is 2.47 bits per heavy atom. The van der Waals surface area contributed by atoms with E-state index in [1.54, 1.807) is 0 Å². The summed E-state index contributed by atoms with van der Waals surface area (Å²) in [6.45, 7) is 11.8. The lowest BCUT2D eigenvalue weighted by molar-refractivity contribution is 0.0496. The third kappa shape index (κ3) is 8.94. The molecule has 1 amide bonds. The van der Waals surface area contributed by atoms with Crippen molar-refractivity contribution in [3.05, 3.63) is 0 Å². The monoisotopic (exact) mass is 246 g/mol. The van der Waals surface area contributed by atoms with E-state index in [1.165, 1.54) is 0 Å². The molecular formula is C12H26N2O3. The summed E-state index contributed by atoms with van der Waals surface area (Å²) in [5.74, 6) is 0. The van der Waals surface area contributed by atoms with Gasteiger partial charge in [-0.2, -0.15) is 0 Å². The Morgan fingerprint density at radius 2 is 2.06 bits per heavy atom. The summed E-state index contributed by atoms with van der Waals surface area (Å²) in [7, 11) is 0. The maximum Gasteiger partial charge on any atom is 0.407 e. The van der Waals surface area contributed by atoms with Crippen LogP contribution in [0.3, 0.4) is 0 Å². The van der Waals surface area contributed by atoms with Gasteiger partial charge in [0, 0.05) is 19.1 Å². The zero-order valence-electron chi connectivity index (χ0n) is 11.6. The van der Waals surface area contributed by atoms with Crippen LogP contribution in [0.4, 0.5) is 4.79 Å². The predicted molar refractivity (Wildman–Crippen MR) is 68.0 cm³/mol. The van der Waals surface area contributed by atoms with Crippen LogP contribution in [0.25, 0.3) is 0 Å². The quantitative estimate of drug-likeness (QED) is 0.739. The standard InChI is InChI=1S/C12H26N2O3/c1-6-14(7-8-15)9-10(2)13-11(16)17-12(3,4)5/h10,15H,6-9H2,1-5H3,(H,13,16). The number of aliphatic hydroxyl groups is 1. The lowest BCUT2D eigenvalue weighted by atomic mass is 10.2. The van der Waals surface area contributed by atoms with Crippen LogP contribution in [0.2, 0.25) is 0 Å². The van der Waals surface area contributed by atoms with Gasteiger partial charge >= 0.3 is 6.09 Å². The summed E-state index contributed by atoms with van der Waals surface area (Å²) in [4.78, 5) is 13.6. The van der Waals surface area contributed by atoms with Crippen molar-refractivity contribution in [2.75, 3.05) is 26.2 Å². The number of hydrogen-bond acceptors (Lipinski definition) is 4. The molecule has 0 saturated heterocycles. The summed E-state index contributed by atoms with van der Waals surface area (Å²) in [6.07, 6.45) is -0.398. The van der Waals surface area contributed by atoms with Crippen molar-refractivity contribution in [3.63, 3.8) is 0 Å². The number of aliphatic hydroxyl groups excluding tert-OH is 1. The van der Waals surface area contributed by atoms with E-state index in [4.69, 9.17) is 9.84 Å². The van der Waals surface area contributed by atoms with E-state index in [0.29, 0.717) is 13.1 Å². The number of nitrogens with one attached hydrogen (secondary N) is 1. The number of carbonyl (C=O) groups excluding carboxylic acids is 1. The predicted octanol–water partition coefficient (Wildman–Crippen LogP) is 1.21. The maximum absolute atomic E-state index is 11.5. The second-order valence-corrected chi connectivity index (χ2v) is 5.16. The molecule has 1 atom stereocenters. The van der Waals surface area contributed by atoms with Crippen molar-refractivity contribution < 1.29 is 14.6 Å². The SMILES string of the molecule is CCN(CCO)CC(C)NC(=O)OC(C)(C)C. The minimum Gasteiger partial charge on any atom is -0.444 e. The van der Waals surface area contributed by atoms with Gasteiger partial charge in [-0.05, 0) is 34.2 Å². The highest BCUT2D eigenvalue weighted by Gasteiger charge is 2.18. The Bertz CT molecular complexity index is 226. The Labute approximate surface area is 104 Å². The maximum atomic E-state index is 11.5. The molecule has 0 aliphatic carbocycles.